The van der Waals surface area contributed by atoms with E-state index in [2.05, 4.69) is 61.6 Å². The lowest BCUT2D eigenvalue weighted by Crippen LogP contribution is -2.13. The lowest BCUT2D eigenvalue weighted by molar-refractivity contribution is 0.818. The molecule has 0 bridgehead atoms. The van der Waals surface area contributed by atoms with Crippen LogP contribution in [0.15, 0.2) is 47.4 Å². The Labute approximate surface area is 119 Å². The molecule has 1 unspecified atom stereocenters. The summed E-state index contributed by atoms with van der Waals surface area (Å²) in [6.07, 6.45) is 0. The summed E-state index contributed by atoms with van der Waals surface area (Å²) in [5.41, 5.74) is 5.42. The highest BCUT2D eigenvalue weighted by atomic mass is 32.2. The minimum atomic E-state index is 0.626. The van der Waals surface area contributed by atoms with Crippen molar-refractivity contribution < 1.29 is 0 Å². The highest BCUT2D eigenvalue weighted by molar-refractivity contribution is 7.99. The van der Waals surface area contributed by atoms with Crippen LogP contribution in [-0.4, -0.2) is 12.3 Å². The van der Waals surface area contributed by atoms with E-state index < -0.39 is 0 Å². The molecular weight excluding hydrogens is 250 g/mol. The second-order valence-electron chi connectivity index (χ2n) is 5.25. The van der Waals surface area contributed by atoms with Crippen LogP contribution in [0.1, 0.15) is 22.6 Å². The predicted octanol–water partition coefficient (Wildman–Crippen LogP) is 4.60. The standard InChI is InChI=1S/C17H19NS/c1-12-7-8-13(2)16(9-12)18-10-14-11-19-17-6-4-3-5-15(14)17/h3-9,14,18H,10-11H2,1-2H3. The number of rotatable bonds is 3. The Hall–Kier alpha value is -1.41. The van der Waals surface area contributed by atoms with Gasteiger partial charge >= 0.3 is 0 Å². The van der Waals surface area contributed by atoms with E-state index >= 15 is 0 Å². The lowest BCUT2D eigenvalue weighted by atomic mass is 10.0. The number of aryl methyl sites for hydroxylation is 2. The molecule has 0 radical (unpaired) electrons. The number of benzene rings is 2. The Kier molecular flexibility index (Phi) is 3.52. The van der Waals surface area contributed by atoms with Crippen LogP contribution in [0.3, 0.4) is 0 Å². The zero-order valence-electron chi connectivity index (χ0n) is 11.4. The van der Waals surface area contributed by atoms with Gasteiger partial charge in [0.25, 0.3) is 0 Å². The molecule has 2 aromatic carbocycles. The van der Waals surface area contributed by atoms with Crippen LogP contribution in [-0.2, 0) is 0 Å². The van der Waals surface area contributed by atoms with Gasteiger partial charge in [0, 0.05) is 28.8 Å². The Morgan fingerprint density at radius 2 is 2.00 bits per heavy atom. The molecule has 0 fully saturated rings. The van der Waals surface area contributed by atoms with E-state index in [9.17, 15) is 0 Å². The summed E-state index contributed by atoms with van der Waals surface area (Å²) in [7, 11) is 0. The molecule has 1 nitrogen and oxygen atoms in total. The fourth-order valence-corrected chi connectivity index (χ4v) is 3.81. The minimum Gasteiger partial charge on any atom is -0.384 e. The summed E-state index contributed by atoms with van der Waals surface area (Å²) in [6, 6.07) is 15.4. The number of thioether (sulfide) groups is 1. The van der Waals surface area contributed by atoms with E-state index in [4.69, 9.17) is 0 Å². The van der Waals surface area contributed by atoms with Crippen molar-refractivity contribution in [2.24, 2.45) is 0 Å². The first-order chi connectivity index (χ1) is 9.24. The molecule has 2 aromatic rings. The van der Waals surface area contributed by atoms with Crippen LogP contribution in [0.25, 0.3) is 0 Å². The largest absolute Gasteiger partial charge is 0.384 e. The van der Waals surface area contributed by atoms with E-state index in [1.54, 1.807) is 0 Å². The molecule has 0 spiro atoms. The zero-order valence-corrected chi connectivity index (χ0v) is 12.3. The summed E-state index contributed by atoms with van der Waals surface area (Å²) in [5, 5.41) is 3.62. The number of nitrogens with one attached hydrogen (secondary N) is 1. The molecule has 1 atom stereocenters. The second kappa shape index (κ2) is 5.30. The highest BCUT2D eigenvalue weighted by Gasteiger charge is 2.22. The number of anilines is 1. The molecule has 1 aliphatic rings. The summed E-state index contributed by atoms with van der Waals surface area (Å²) in [5.74, 6) is 1.82. The van der Waals surface area contributed by atoms with Gasteiger partial charge < -0.3 is 5.32 Å². The highest BCUT2D eigenvalue weighted by Crippen LogP contribution is 2.39. The average Bonchev–Trinajstić information content (AvgIpc) is 2.83. The molecule has 0 aliphatic carbocycles. The van der Waals surface area contributed by atoms with Crippen LogP contribution in [0.4, 0.5) is 5.69 Å². The maximum Gasteiger partial charge on any atom is 0.0372 e. The van der Waals surface area contributed by atoms with Gasteiger partial charge in [0.1, 0.15) is 0 Å². The quantitative estimate of drug-likeness (QED) is 0.873. The minimum absolute atomic E-state index is 0.626. The predicted molar refractivity (Wildman–Crippen MR) is 84.3 cm³/mol. The first-order valence-electron chi connectivity index (χ1n) is 6.77. The summed E-state index contributed by atoms with van der Waals surface area (Å²) in [4.78, 5) is 1.45. The number of hydrogen-bond donors (Lipinski definition) is 1. The maximum absolute atomic E-state index is 3.62. The van der Waals surface area contributed by atoms with Crippen molar-refractivity contribution >= 4 is 17.4 Å². The van der Waals surface area contributed by atoms with Crippen LogP contribution >= 0.6 is 11.8 Å². The van der Waals surface area contributed by atoms with E-state index in [0.29, 0.717) is 5.92 Å². The van der Waals surface area contributed by atoms with E-state index in [-0.39, 0.29) is 0 Å². The third-order valence-corrected chi connectivity index (χ3v) is 4.98. The van der Waals surface area contributed by atoms with Gasteiger partial charge in [0.2, 0.25) is 0 Å². The third kappa shape index (κ3) is 2.64. The van der Waals surface area contributed by atoms with Crippen molar-refractivity contribution in [1.82, 2.24) is 0 Å². The van der Waals surface area contributed by atoms with Crippen molar-refractivity contribution in [3.63, 3.8) is 0 Å². The van der Waals surface area contributed by atoms with Gasteiger partial charge in [-0.25, -0.2) is 0 Å². The number of fused-ring (bicyclic) bond motifs is 1. The van der Waals surface area contributed by atoms with Gasteiger partial charge in [-0.05, 0) is 42.7 Å². The van der Waals surface area contributed by atoms with Gasteiger partial charge in [-0.1, -0.05) is 30.3 Å². The van der Waals surface area contributed by atoms with Gasteiger partial charge in [0.05, 0.1) is 0 Å². The molecule has 0 saturated heterocycles. The Morgan fingerprint density at radius 3 is 2.89 bits per heavy atom. The lowest BCUT2D eigenvalue weighted by Gasteiger charge is -2.15. The van der Waals surface area contributed by atoms with Gasteiger partial charge in [0.15, 0.2) is 0 Å². The zero-order chi connectivity index (χ0) is 13.2. The van der Waals surface area contributed by atoms with Crippen molar-refractivity contribution in [3.05, 3.63) is 59.2 Å². The van der Waals surface area contributed by atoms with Gasteiger partial charge in [-0.3, -0.25) is 0 Å². The topological polar surface area (TPSA) is 12.0 Å². The van der Waals surface area contributed by atoms with Gasteiger partial charge in [-0.2, -0.15) is 0 Å². The van der Waals surface area contributed by atoms with Crippen LogP contribution in [0.5, 0.6) is 0 Å². The molecular formula is C17H19NS. The van der Waals surface area contributed by atoms with Crippen molar-refractivity contribution in [2.45, 2.75) is 24.7 Å². The third-order valence-electron chi connectivity index (χ3n) is 3.73. The molecule has 1 heterocycles. The molecule has 0 aromatic heterocycles. The molecule has 0 amide bonds. The first-order valence-corrected chi connectivity index (χ1v) is 7.75. The molecule has 1 aliphatic heterocycles. The summed E-state index contributed by atoms with van der Waals surface area (Å²) < 4.78 is 0. The Morgan fingerprint density at radius 1 is 1.16 bits per heavy atom. The molecule has 0 saturated carbocycles. The molecule has 1 N–H and O–H groups in total. The molecule has 19 heavy (non-hydrogen) atoms. The van der Waals surface area contributed by atoms with Crippen LogP contribution < -0.4 is 5.32 Å². The van der Waals surface area contributed by atoms with E-state index in [0.717, 1.165) is 6.54 Å². The van der Waals surface area contributed by atoms with Crippen LogP contribution in [0, 0.1) is 13.8 Å². The van der Waals surface area contributed by atoms with Crippen LogP contribution in [0.2, 0.25) is 0 Å². The molecule has 98 valence electrons. The van der Waals surface area contributed by atoms with Crippen molar-refractivity contribution in [1.29, 1.82) is 0 Å². The summed E-state index contributed by atoms with van der Waals surface area (Å²) in [6.45, 7) is 5.33. The SMILES string of the molecule is Cc1ccc(C)c(NCC2CSc3ccccc32)c1. The normalized spacial score (nSPS) is 17.3. The van der Waals surface area contributed by atoms with E-state index in [1.165, 1.54) is 33.0 Å². The molecule has 2 heteroatoms. The fourth-order valence-electron chi connectivity index (χ4n) is 2.56. The average molecular weight is 269 g/mol. The Balaban J connectivity index is 1.72. The first kappa shape index (κ1) is 12.6. The maximum atomic E-state index is 3.62. The monoisotopic (exact) mass is 269 g/mol. The van der Waals surface area contributed by atoms with Crippen molar-refractivity contribution in [2.75, 3.05) is 17.6 Å². The van der Waals surface area contributed by atoms with Gasteiger partial charge in [-0.15, -0.1) is 11.8 Å². The number of hydrogen-bond acceptors (Lipinski definition) is 2. The van der Waals surface area contributed by atoms with Crippen molar-refractivity contribution in [3.8, 4) is 0 Å². The second-order valence-corrected chi connectivity index (χ2v) is 6.31. The summed E-state index contributed by atoms with van der Waals surface area (Å²) >= 11 is 1.98. The molecule has 3 rings (SSSR count). The Bertz CT molecular complexity index is 592. The van der Waals surface area contributed by atoms with E-state index in [1.807, 2.05) is 11.8 Å². The fraction of sp³-hybridized carbons (Fsp3) is 0.294. The smallest absolute Gasteiger partial charge is 0.0372 e.